The van der Waals surface area contributed by atoms with Gasteiger partial charge in [0, 0.05) is 16.3 Å². The molecule has 1 aliphatic heterocycles. The second-order valence-corrected chi connectivity index (χ2v) is 3.70. The highest BCUT2D eigenvalue weighted by atomic mass is 35.5. The molecule has 0 bridgehead atoms. The number of carbonyl (C=O) groups is 1. The van der Waals surface area contributed by atoms with Crippen LogP contribution in [0.25, 0.3) is 11.3 Å². The third-order valence-electron chi connectivity index (χ3n) is 2.21. The molecular weight excluding hydrogens is 214 g/mol. The second kappa shape index (κ2) is 3.51. The Hall–Kier alpha value is -1.61. The number of halogens is 1. The number of Topliss-reactive ketones (excluding diaryl/α,β-unsaturated/α-hetero) is 1. The molecule has 0 spiro atoms. The second-order valence-electron chi connectivity index (χ2n) is 3.26. The molecule has 0 atom stereocenters. The Balaban J connectivity index is 2.83. The van der Waals surface area contributed by atoms with Crippen LogP contribution in [0.1, 0.15) is 17.3 Å². The molecule has 0 aromatic heterocycles. The molecule has 1 aliphatic carbocycles. The number of hydrogen-bond acceptors (Lipinski definition) is 2. The lowest BCUT2D eigenvalue weighted by Gasteiger charge is -1.92. The van der Waals surface area contributed by atoms with Crippen LogP contribution in [-0.4, -0.2) is 10.8 Å². The SMILES string of the molecule is CC(=O)c1c2ccc(Cl)ccc-2[nH]c1=O. The summed E-state index contributed by atoms with van der Waals surface area (Å²) >= 11 is 5.81. The Kier molecular flexibility index (Phi) is 2.32. The van der Waals surface area contributed by atoms with Crippen LogP contribution in [0.2, 0.25) is 5.02 Å². The number of aromatic amines is 1. The molecule has 0 saturated heterocycles. The van der Waals surface area contributed by atoms with Crippen molar-refractivity contribution in [2.24, 2.45) is 0 Å². The van der Waals surface area contributed by atoms with E-state index >= 15 is 0 Å². The van der Waals surface area contributed by atoms with Crippen LogP contribution in [0.15, 0.2) is 29.1 Å². The zero-order chi connectivity index (χ0) is 11.0. The number of hydrogen-bond donors (Lipinski definition) is 1. The maximum Gasteiger partial charge on any atom is 0.259 e. The van der Waals surface area contributed by atoms with Gasteiger partial charge in [-0.05, 0) is 25.1 Å². The maximum atomic E-state index is 11.5. The van der Waals surface area contributed by atoms with Crippen LogP contribution >= 0.6 is 11.6 Å². The highest BCUT2D eigenvalue weighted by Gasteiger charge is 2.16. The van der Waals surface area contributed by atoms with E-state index < -0.39 is 0 Å². The lowest BCUT2D eigenvalue weighted by molar-refractivity contribution is 0.101. The van der Waals surface area contributed by atoms with Gasteiger partial charge in [0.1, 0.15) is 0 Å². The fourth-order valence-corrected chi connectivity index (χ4v) is 1.67. The summed E-state index contributed by atoms with van der Waals surface area (Å²) in [5.74, 6) is -0.242. The highest BCUT2D eigenvalue weighted by molar-refractivity contribution is 6.30. The van der Waals surface area contributed by atoms with Gasteiger partial charge in [0.25, 0.3) is 5.56 Å². The maximum absolute atomic E-state index is 11.5. The normalized spacial score (nSPS) is 10.5. The molecule has 4 heteroatoms. The van der Waals surface area contributed by atoms with Gasteiger partial charge in [0.05, 0.1) is 5.56 Å². The van der Waals surface area contributed by atoms with Crippen molar-refractivity contribution in [1.82, 2.24) is 4.98 Å². The molecular formula is C11H8ClNO2. The zero-order valence-corrected chi connectivity index (χ0v) is 8.76. The molecule has 0 fully saturated rings. The average Bonchev–Trinajstić information content (AvgIpc) is 2.38. The van der Waals surface area contributed by atoms with Crippen molar-refractivity contribution < 1.29 is 4.79 Å². The van der Waals surface area contributed by atoms with Crippen molar-refractivity contribution in [3.63, 3.8) is 0 Å². The summed E-state index contributed by atoms with van der Waals surface area (Å²) in [6.45, 7) is 1.37. The first kappa shape index (κ1) is 9.93. The number of ketones is 1. The van der Waals surface area contributed by atoms with Gasteiger partial charge < -0.3 is 4.98 Å². The van der Waals surface area contributed by atoms with E-state index in [1.54, 1.807) is 24.3 Å². The molecule has 0 aromatic carbocycles. The first-order valence-electron chi connectivity index (χ1n) is 4.42. The molecule has 1 heterocycles. The van der Waals surface area contributed by atoms with E-state index in [1.165, 1.54) is 6.92 Å². The van der Waals surface area contributed by atoms with E-state index in [9.17, 15) is 9.59 Å². The molecule has 0 amide bonds. The van der Waals surface area contributed by atoms with E-state index in [0.29, 0.717) is 16.3 Å². The molecule has 0 aromatic rings. The van der Waals surface area contributed by atoms with E-state index in [-0.39, 0.29) is 16.9 Å². The standard InChI is InChI=1S/C11H8ClNO2/c1-6(14)10-8-4-2-7(12)3-5-9(8)13-11(10)15/h2-5H,1H3,(H,13,15). The van der Waals surface area contributed by atoms with Crippen LogP contribution in [0.3, 0.4) is 0 Å². The summed E-state index contributed by atoms with van der Waals surface area (Å²) in [6.07, 6.45) is 0. The van der Waals surface area contributed by atoms with Gasteiger partial charge in [-0.25, -0.2) is 0 Å². The van der Waals surface area contributed by atoms with Crippen molar-refractivity contribution in [2.45, 2.75) is 6.92 Å². The Morgan fingerprint density at radius 1 is 1.27 bits per heavy atom. The quantitative estimate of drug-likeness (QED) is 0.752. The lowest BCUT2D eigenvalue weighted by atomic mass is 10.1. The fraction of sp³-hybridized carbons (Fsp3) is 0.0909. The molecule has 0 saturated carbocycles. The fourth-order valence-electron chi connectivity index (χ4n) is 1.54. The van der Waals surface area contributed by atoms with Crippen LogP contribution in [0.5, 0.6) is 0 Å². The van der Waals surface area contributed by atoms with E-state index in [1.807, 2.05) is 0 Å². The number of carbonyl (C=O) groups excluding carboxylic acids is 1. The van der Waals surface area contributed by atoms with Gasteiger partial charge in [-0.15, -0.1) is 0 Å². The summed E-state index contributed by atoms with van der Waals surface area (Å²) in [6, 6.07) is 6.69. The summed E-state index contributed by atoms with van der Waals surface area (Å²) in [4.78, 5) is 25.4. The molecule has 0 unspecified atom stereocenters. The monoisotopic (exact) mass is 221 g/mol. The average molecular weight is 222 g/mol. The Bertz CT molecular complexity index is 559. The van der Waals surface area contributed by atoms with Crippen LogP contribution in [0, 0.1) is 0 Å². The summed E-state index contributed by atoms with van der Waals surface area (Å²) in [7, 11) is 0. The minimum Gasteiger partial charge on any atom is -0.321 e. The van der Waals surface area contributed by atoms with Gasteiger partial charge >= 0.3 is 0 Å². The number of fused-ring (bicyclic) bond motifs is 1. The minimum absolute atomic E-state index is 0.192. The first-order valence-corrected chi connectivity index (χ1v) is 4.80. The number of rotatable bonds is 1. The molecule has 76 valence electrons. The summed E-state index contributed by atoms with van der Waals surface area (Å²) in [5, 5.41) is 0.557. The molecule has 1 N–H and O–H groups in total. The van der Waals surface area contributed by atoms with Crippen LogP contribution in [0.4, 0.5) is 0 Å². The van der Waals surface area contributed by atoms with Gasteiger partial charge in [-0.1, -0.05) is 17.7 Å². The topological polar surface area (TPSA) is 49.9 Å². The predicted molar refractivity (Wildman–Crippen MR) is 58.7 cm³/mol. The highest BCUT2D eigenvalue weighted by Crippen LogP contribution is 2.22. The number of aromatic nitrogens is 1. The van der Waals surface area contributed by atoms with Gasteiger partial charge in [0.15, 0.2) is 5.78 Å². The third-order valence-corrected chi connectivity index (χ3v) is 2.46. The summed E-state index contributed by atoms with van der Waals surface area (Å²) < 4.78 is 0. The van der Waals surface area contributed by atoms with Crippen LogP contribution < -0.4 is 5.56 Å². The predicted octanol–water partition coefficient (Wildman–Crippen LogP) is 2.34. The van der Waals surface area contributed by atoms with Crippen molar-refractivity contribution in [3.8, 4) is 11.3 Å². The van der Waals surface area contributed by atoms with Crippen molar-refractivity contribution in [1.29, 1.82) is 0 Å². The Labute approximate surface area is 91.0 Å². The van der Waals surface area contributed by atoms with E-state index in [2.05, 4.69) is 4.98 Å². The van der Waals surface area contributed by atoms with Crippen LogP contribution in [-0.2, 0) is 0 Å². The third kappa shape index (κ3) is 1.66. The Morgan fingerprint density at radius 2 is 1.93 bits per heavy atom. The minimum atomic E-state index is -0.347. The molecule has 2 aliphatic rings. The van der Waals surface area contributed by atoms with Gasteiger partial charge in [-0.3, -0.25) is 9.59 Å². The summed E-state index contributed by atoms with van der Waals surface area (Å²) in [5.41, 5.74) is 1.08. The van der Waals surface area contributed by atoms with Crippen molar-refractivity contribution in [2.75, 3.05) is 0 Å². The van der Waals surface area contributed by atoms with Crippen molar-refractivity contribution in [3.05, 3.63) is 45.2 Å². The molecule has 0 radical (unpaired) electrons. The molecule has 2 rings (SSSR count). The number of nitrogens with one attached hydrogen (secondary N) is 1. The molecule has 15 heavy (non-hydrogen) atoms. The number of H-pyrrole nitrogens is 1. The van der Waals surface area contributed by atoms with Gasteiger partial charge in [0.2, 0.25) is 0 Å². The van der Waals surface area contributed by atoms with E-state index in [0.717, 1.165) is 0 Å². The zero-order valence-electron chi connectivity index (χ0n) is 8.00. The van der Waals surface area contributed by atoms with Crippen molar-refractivity contribution >= 4 is 17.4 Å². The smallest absolute Gasteiger partial charge is 0.259 e. The molecule has 3 nitrogen and oxygen atoms in total. The largest absolute Gasteiger partial charge is 0.321 e. The lowest BCUT2D eigenvalue weighted by Crippen LogP contribution is -2.08. The van der Waals surface area contributed by atoms with Gasteiger partial charge in [-0.2, -0.15) is 0 Å². The van der Waals surface area contributed by atoms with E-state index in [4.69, 9.17) is 11.6 Å². The Morgan fingerprint density at radius 3 is 2.60 bits per heavy atom. The first-order chi connectivity index (χ1) is 7.09.